The van der Waals surface area contributed by atoms with Gasteiger partial charge in [0.2, 0.25) is 0 Å². The van der Waals surface area contributed by atoms with Crippen LogP contribution in [-0.4, -0.2) is 92.0 Å². The van der Waals surface area contributed by atoms with Crippen LogP contribution in [0.3, 0.4) is 0 Å². The summed E-state index contributed by atoms with van der Waals surface area (Å²) in [7, 11) is 1.67. The normalized spacial score (nSPS) is 20.7. The second kappa shape index (κ2) is 10.3. The lowest BCUT2D eigenvalue weighted by atomic mass is 10.2. The van der Waals surface area contributed by atoms with Crippen LogP contribution in [0, 0.1) is 0 Å². The molecule has 1 aromatic rings. The average Bonchev–Trinajstić information content (AvgIpc) is 3.20. The molecule has 0 spiro atoms. The number of rotatable bonds is 9. The van der Waals surface area contributed by atoms with Gasteiger partial charge in [-0.15, -0.1) is 0 Å². The molecule has 27 heavy (non-hydrogen) atoms. The third-order valence-corrected chi connectivity index (χ3v) is 5.65. The van der Waals surface area contributed by atoms with Gasteiger partial charge in [0.1, 0.15) is 12.7 Å². The first-order valence-electron chi connectivity index (χ1n) is 10.3. The van der Waals surface area contributed by atoms with Crippen LogP contribution >= 0.6 is 0 Å². The number of benzene rings is 1. The smallest absolute Gasteiger partial charge is 0.161 e. The number of hydrogen-bond acceptors (Lipinski definition) is 6. The summed E-state index contributed by atoms with van der Waals surface area (Å²) in [6.45, 7) is 11.8. The van der Waals surface area contributed by atoms with Crippen molar-refractivity contribution in [2.75, 3.05) is 66.1 Å². The van der Waals surface area contributed by atoms with Crippen molar-refractivity contribution in [2.24, 2.45) is 0 Å². The topological polar surface area (TPSA) is 48.4 Å². The molecule has 6 heteroatoms. The Morgan fingerprint density at radius 3 is 2.33 bits per heavy atom. The second-order valence-electron chi connectivity index (χ2n) is 7.67. The van der Waals surface area contributed by atoms with Gasteiger partial charge < -0.3 is 19.5 Å². The number of aliphatic hydroxyl groups is 1. The van der Waals surface area contributed by atoms with Crippen molar-refractivity contribution in [3.63, 3.8) is 0 Å². The molecule has 1 N–H and O–H groups in total. The molecule has 0 bridgehead atoms. The monoisotopic (exact) mass is 377 g/mol. The largest absolute Gasteiger partial charge is 0.493 e. The Bertz CT molecular complexity index is 570. The van der Waals surface area contributed by atoms with Crippen molar-refractivity contribution in [1.29, 1.82) is 0 Å². The Morgan fingerprint density at radius 1 is 0.963 bits per heavy atom. The van der Waals surface area contributed by atoms with Gasteiger partial charge in [0.05, 0.1) is 7.11 Å². The minimum atomic E-state index is -0.493. The highest BCUT2D eigenvalue weighted by Crippen LogP contribution is 2.29. The third kappa shape index (κ3) is 6.07. The molecule has 0 radical (unpaired) electrons. The van der Waals surface area contributed by atoms with Crippen LogP contribution in [0.1, 0.15) is 25.3 Å². The molecule has 0 amide bonds. The van der Waals surface area contributed by atoms with E-state index in [-0.39, 0.29) is 6.61 Å². The number of β-amino-alcohol motifs (C(OH)–C–C–N with tert-alkyl or cyclic N) is 1. The predicted molar refractivity (Wildman–Crippen MR) is 108 cm³/mol. The lowest BCUT2D eigenvalue weighted by Crippen LogP contribution is -2.49. The van der Waals surface area contributed by atoms with Gasteiger partial charge in [-0.25, -0.2) is 0 Å². The molecule has 2 fully saturated rings. The molecule has 2 saturated heterocycles. The van der Waals surface area contributed by atoms with Crippen molar-refractivity contribution in [2.45, 2.75) is 32.4 Å². The molecule has 2 heterocycles. The maximum atomic E-state index is 10.4. The predicted octanol–water partition coefficient (Wildman–Crippen LogP) is 1.67. The van der Waals surface area contributed by atoms with Crippen LogP contribution in [-0.2, 0) is 6.54 Å². The fourth-order valence-electron chi connectivity index (χ4n) is 3.95. The van der Waals surface area contributed by atoms with Crippen molar-refractivity contribution in [3.8, 4) is 11.5 Å². The summed E-state index contributed by atoms with van der Waals surface area (Å²) in [4.78, 5) is 7.22. The number of likely N-dealkylation sites (tertiary alicyclic amines) is 1. The van der Waals surface area contributed by atoms with Gasteiger partial charge in [0.25, 0.3) is 0 Å². The van der Waals surface area contributed by atoms with E-state index in [0.29, 0.717) is 12.3 Å². The Labute approximate surface area is 163 Å². The molecule has 3 rings (SSSR count). The molecule has 0 saturated carbocycles. The number of likely N-dealkylation sites (N-methyl/N-ethyl adjacent to an activating group) is 1. The zero-order valence-electron chi connectivity index (χ0n) is 16.9. The number of hydrogen-bond donors (Lipinski definition) is 1. The van der Waals surface area contributed by atoms with Gasteiger partial charge in [-0.3, -0.25) is 9.80 Å². The maximum absolute atomic E-state index is 10.4. The van der Waals surface area contributed by atoms with Gasteiger partial charge in [-0.1, -0.05) is 13.0 Å². The molecule has 2 aliphatic heterocycles. The minimum Gasteiger partial charge on any atom is -0.493 e. The van der Waals surface area contributed by atoms with E-state index in [9.17, 15) is 5.11 Å². The zero-order valence-corrected chi connectivity index (χ0v) is 16.9. The Morgan fingerprint density at radius 2 is 1.67 bits per heavy atom. The number of aliphatic hydroxyl groups excluding tert-OH is 1. The number of piperazine rings is 1. The summed E-state index contributed by atoms with van der Waals surface area (Å²) in [5.41, 5.74) is 1.25. The quantitative estimate of drug-likeness (QED) is 0.706. The lowest BCUT2D eigenvalue weighted by molar-refractivity contribution is 0.0464. The van der Waals surface area contributed by atoms with Crippen LogP contribution in [0.4, 0.5) is 0 Å². The summed E-state index contributed by atoms with van der Waals surface area (Å²) in [5.74, 6) is 1.45. The van der Waals surface area contributed by atoms with Crippen LogP contribution in [0.15, 0.2) is 18.2 Å². The molecular formula is C21H35N3O3. The summed E-state index contributed by atoms with van der Waals surface area (Å²) < 4.78 is 11.4. The Balaban J connectivity index is 1.46. The van der Waals surface area contributed by atoms with E-state index >= 15 is 0 Å². The van der Waals surface area contributed by atoms with E-state index in [0.717, 1.165) is 45.0 Å². The van der Waals surface area contributed by atoms with E-state index < -0.39 is 6.10 Å². The van der Waals surface area contributed by atoms with Crippen molar-refractivity contribution in [1.82, 2.24) is 14.7 Å². The fraction of sp³-hybridized carbons (Fsp3) is 0.714. The summed E-state index contributed by atoms with van der Waals surface area (Å²) in [5, 5.41) is 10.4. The standard InChI is InChI=1S/C21H35N3O3/c1-3-22-10-12-24(13-11-22)16-19(25)17-27-20-7-6-18(14-21(20)26-2)15-23-8-4-5-9-23/h6-7,14,19,25H,3-5,8-13,15-17H2,1-2H3. The van der Waals surface area contributed by atoms with Gasteiger partial charge >= 0.3 is 0 Å². The number of ether oxygens (including phenoxy) is 2. The summed E-state index contributed by atoms with van der Waals surface area (Å²) in [6, 6.07) is 6.13. The number of nitrogens with zero attached hydrogens (tertiary/aromatic N) is 3. The van der Waals surface area contributed by atoms with Crippen molar-refractivity contribution >= 4 is 0 Å². The molecule has 6 nitrogen and oxygen atoms in total. The summed E-state index contributed by atoms with van der Waals surface area (Å²) in [6.07, 6.45) is 2.10. The molecule has 1 atom stereocenters. The van der Waals surface area contributed by atoms with Crippen LogP contribution in [0.5, 0.6) is 11.5 Å². The highest BCUT2D eigenvalue weighted by Gasteiger charge is 2.19. The molecule has 0 aliphatic carbocycles. The fourth-order valence-corrected chi connectivity index (χ4v) is 3.95. The molecule has 2 aliphatic rings. The second-order valence-corrected chi connectivity index (χ2v) is 7.67. The highest BCUT2D eigenvalue weighted by atomic mass is 16.5. The van der Waals surface area contributed by atoms with Gasteiger partial charge in [0, 0.05) is 39.3 Å². The molecule has 1 unspecified atom stereocenters. The Hall–Kier alpha value is -1.34. The zero-order chi connectivity index (χ0) is 19.1. The first-order chi connectivity index (χ1) is 13.2. The highest BCUT2D eigenvalue weighted by molar-refractivity contribution is 5.43. The van der Waals surface area contributed by atoms with Crippen LogP contribution in [0.2, 0.25) is 0 Å². The van der Waals surface area contributed by atoms with Crippen molar-refractivity contribution in [3.05, 3.63) is 23.8 Å². The number of methoxy groups -OCH3 is 1. The van der Waals surface area contributed by atoms with E-state index in [2.05, 4.69) is 33.8 Å². The first kappa shape index (κ1) is 20.4. The van der Waals surface area contributed by atoms with Gasteiger partial charge in [-0.2, -0.15) is 0 Å². The average molecular weight is 378 g/mol. The molecular weight excluding hydrogens is 342 g/mol. The van der Waals surface area contributed by atoms with Crippen LogP contribution in [0.25, 0.3) is 0 Å². The lowest BCUT2D eigenvalue weighted by Gasteiger charge is -2.34. The molecule has 0 aromatic heterocycles. The SMILES string of the molecule is CCN1CCN(CC(O)COc2ccc(CN3CCCC3)cc2OC)CC1. The Kier molecular flexibility index (Phi) is 7.76. The third-order valence-electron chi connectivity index (χ3n) is 5.65. The molecule has 152 valence electrons. The molecule has 1 aromatic carbocycles. The van der Waals surface area contributed by atoms with E-state index in [1.165, 1.54) is 31.5 Å². The van der Waals surface area contributed by atoms with Crippen molar-refractivity contribution < 1.29 is 14.6 Å². The van der Waals surface area contributed by atoms with Gasteiger partial charge in [0.15, 0.2) is 11.5 Å². The van der Waals surface area contributed by atoms with E-state index in [1.807, 2.05) is 6.07 Å². The maximum Gasteiger partial charge on any atom is 0.161 e. The minimum absolute atomic E-state index is 0.288. The first-order valence-corrected chi connectivity index (χ1v) is 10.3. The van der Waals surface area contributed by atoms with Gasteiger partial charge in [-0.05, 0) is 50.2 Å². The van der Waals surface area contributed by atoms with E-state index in [1.54, 1.807) is 7.11 Å². The summed E-state index contributed by atoms with van der Waals surface area (Å²) >= 11 is 0. The van der Waals surface area contributed by atoms with E-state index in [4.69, 9.17) is 9.47 Å². The van der Waals surface area contributed by atoms with Crippen LogP contribution < -0.4 is 9.47 Å².